The summed E-state index contributed by atoms with van der Waals surface area (Å²) < 4.78 is 0. The fourth-order valence-corrected chi connectivity index (χ4v) is 3.68. The summed E-state index contributed by atoms with van der Waals surface area (Å²) in [6, 6.07) is 20.8. The Kier molecular flexibility index (Phi) is 5.76. The Morgan fingerprint density at radius 2 is 1.55 bits per heavy atom. The van der Waals surface area contributed by atoms with Gasteiger partial charge in [-0.25, -0.2) is 4.98 Å². The normalized spacial score (nSPS) is 15.0. The molecule has 1 saturated heterocycles. The van der Waals surface area contributed by atoms with E-state index in [1.54, 1.807) is 0 Å². The first-order valence-electron chi connectivity index (χ1n) is 10.3. The van der Waals surface area contributed by atoms with Gasteiger partial charge in [0.05, 0.1) is 5.69 Å². The van der Waals surface area contributed by atoms with E-state index in [0.717, 1.165) is 48.9 Å². The van der Waals surface area contributed by atoms with Crippen molar-refractivity contribution < 1.29 is 0 Å². The minimum absolute atomic E-state index is 0.424. The monoisotopic (exact) mass is 387 g/mol. The van der Waals surface area contributed by atoms with E-state index in [4.69, 9.17) is 9.97 Å². The Labute approximate surface area is 173 Å². The quantitative estimate of drug-likeness (QED) is 0.684. The van der Waals surface area contributed by atoms with E-state index in [1.807, 2.05) is 18.2 Å². The number of nitrogens with zero attached hydrogens (tertiary/aromatic N) is 4. The van der Waals surface area contributed by atoms with Gasteiger partial charge in [0.1, 0.15) is 5.82 Å². The minimum Gasteiger partial charge on any atom is -0.354 e. The third-order valence-corrected chi connectivity index (χ3v) is 5.44. The molecule has 2 heterocycles. The van der Waals surface area contributed by atoms with Crippen LogP contribution in [0.4, 0.5) is 17.5 Å². The maximum absolute atomic E-state index is 4.89. The molecule has 1 aliphatic heterocycles. The summed E-state index contributed by atoms with van der Waals surface area (Å²) in [5.41, 5.74) is 4.38. The molecular formula is C24H29N5. The van der Waals surface area contributed by atoms with Crippen LogP contribution in [0.1, 0.15) is 25.3 Å². The number of hydrogen-bond acceptors (Lipinski definition) is 5. The van der Waals surface area contributed by atoms with Crippen LogP contribution < -0.4 is 10.2 Å². The van der Waals surface area contributed by atoms with Gasteiger partial charge in [0.2, 0.25) is 5.95 Å². The number of hydrogen-bond donors (Lipinski definition) is 1. The molecule has 5 nitrogen and oxygen atoms in total. The third-order valence-electron chi connectivity index (χ3n) is 5.44. The summed E-state index contributed by atoms with van der Waals surface area (Å²) in [6.07, 6.45) is 0. The zero-order valence-corrected chi connectivity index (χ0v) is 17.5. The lowest BCUT2D eigenvalue weighted by molar-refractivity contribution is 0.312. The highest BCUT2D eigenvalue weighted by molar-refractivity contribution is 5.67. The highest BCUT2D eigenvalue weighted by atomic mass is 15.3. The summed E-state index contributed by atoms with van der Waals surface area (Å²) >= 11 is 0. The first kappa shape index (κ1) is 19.4. The van der Waals surface area contributed by atoms with E-state index in [1.165, 1.54) is 5.56 Å². The van der Waals surface area contributed by atoms with Crippen molar-refractivity contribution in [1.82, 2.24) is 14.9 Å². The number of nitrogens with one attached hydrogen (secondary N) is 1. The maximum Gasteiger partial charge on any atom is 0.229 e. The lowest BCUT2D eigenvalue weighted by atomic mass is 10.0. The van der Waals surface area contributed by atoms with Crippen molar-refractivity contribution in [3.8, 4) is 11.3 Å². The van der Waals surface area contributed by atoms with Crippen LogP contribution in [0.25, 0.3) is 11.3 Å². The van der Waals surface area contributed by atoms with Gasteiger partial charge in [-0.2, -0.15) is 4.98 Å². The van der Waals surface area contributed by atoms with Crippen LogP contribution in [0, 0.1) is 0 Å². The van der Waals surface area contributed by atoms with Crippen molar-refractivity contribution in [2.75, 3.05) is 43.4 Å². The summed E-state index contributed by atoms with van der Waals surface area (Å²) in [5, 5.41) is 3.49. The van der Waals surface area contributed by atoms with E-state index in [0.29, 0.717) is 11.9 Å². The maximum atomic E-state index is 4.89. The number of piperazine rings is 1. The van der Waals surface area contributed by atoms with E-state index in [9.17, 15) is 0 Å². The van der Waals surface area contributed by atoms with Crippen molar-refractivity contribution in [3.05, 3.63) is 66.2 Å². The van der Waals surface area contributed by atoms with E-state index in [-0.39, 0.29) is 0 Å². The fraction of sp³-hybridized carbons (Fsp3) is 0.333. The molecule has 0 aliphatic carbocycles. The van der Waals surface area contributed by atoms with Gasteiger partial charge >= 0.3 is 0 Å². The molecule has 1 aliphatic rings. The highest BCUT2D eigenvalue weighted by Crippen LogP contribution is 2.29. The molecule has 29 heavy (non-hydrogen) atoms. The molecule has 1 aromatic heterocycles. The second kappa shape index (κ2) is 8.62. The number of likely N-dealkylation sites (N-methyl/N-ethyl adjacent to an activating group) is 1. The second-order valence-electron chi connectivity index (χ2n) is 7.96. The van der Waals surface area contributed by atoms with Gasteiger partial charge in [-0.1, -0.05) is 62.4 Å². The first-order chi connectivity index (χ1) is 14.1. The smallest absolute Gasteiger partial charge is 0.229 e. The number of para-hydroxylation sites is 1. The summed E-state index contributed by atoms with van der Waals surface area (Å²) in [5.74, 6) is 2.05. The molecule has 0 bridgehead atoms. The zero-order chi connectivity index (χ0) is 20.2. The Balaban J connectivity index is 1.72. The summed E-state index contributed by atoms with van der Waals surface area (Å²) in [4.78, 5) is 14.4. The fourth-order valence-electron chi connectivity index (χ4n) is 3.68. The van der Waals surface area contributed by atoms with E-state index < -0.39 is 0 Å². The van der Waals surface area contributed by atoms with E-state index >= 15 is 0 Å². The van der Waals surface area contributed by atoms with Gasteiger partial charge < -0.3 is 15.1 Å². The largest absolute Gasteiger partial charge is 0.354 e. The average Bonchev–Trinajstić information content (AvgIpc) is 2.75. The molecule has 4 rings (SSSR count). The predicted octanol–water partition coefficient (Wildman–Crippen LogP) is 4.76. The highest BCUT2D eigenvalue weighted by Gasteiger charge is 2.18. The molecule has 0 atom stereocenters. The predicted molar refractivity (Wildman–Crippen MR) is 121 cm³/mol. The molecule has 2 aromatic carbocycles. The molecule has 0 spiro atoms. The van der Waals surface area contributed by atoms with Crippen molar-refractivity contribution in [2.24, 2.45) is 0 Å². The van der Waals surface area contributed by atoms with Gasteiger partial charge in [-0.15, -0.1) is 0 Å². The molecule has 0 radical (unpaired) electrons. The zero-order valence-electron chi connectivity index (χ0n) is 17.5. The van der Waals surface area contributed by atoms with E-state index in [2.05, 4.69) is 78.5 Å². The Morgan fingerprint density at radius 1 is 0.862 bits per heavy atom. The van der Waals surface area contributed by atoms with Gasteiger partial charge in [0.15, 0.2) is 0 Å². The molecule has 5 heteroatoms. The van der Waals surface area contributed by atoms with Crippen LogP contribution in [0.2, 0.25) is 0 Å². The number of anilines is 3. The van der Waals surface area contributed by atoms with Gasteiger partial charge in [0, 0.05) is 43.5 Å². The van der Waals surface area contributed by atoms with Crippen LogP contribution in [0.3, 0.4) is 0 Å². The molecule has 1 fully saturated rings. The van der Waals surface area contributed by atoms with Gasteiger partial charge in [-0.05, 0) is 24.6 Å². The summed E-state index contributed by atoms with van der Waals surface area (Å²) in [6.45, 7) is 8.45. The lowest BCUT2D eigenvalue weighted by Gasteiger charge is -2.33. The first-order valence-corrected chi connectivity index (χ1v) is 10.3. The van der Waals surface area contributed by atoms with Crippen LogP contribution in [-0.2, 0) is 0 Å². The second-order valence-corrected chi connectivity index (χ2v) is 7.96. The molecule has 0 unspecified atom stereocenters. The standard InChI is InChI=1S/C24H29N5/c1-18(2)20-11-7-8-12-21(20)25-24-26-22(19-9-5-4-6-10-19)17-23(27-24)29-15-13-28(3)14-16-29/h4-12,17-18H,13-16H2,1-3H3,(H,25,26,27). The molecule has 0 saturated carbocycles. The third kappa shape index (κ3) is 4.57. The summed E-state index contributed by atoms with van der Waals surface area (Å²) in [7, 11) is 2.17. The van der Waals surface area contributed by atoms with Gasteiger partial charge in [0.25, 0.3) is 0 Å². The Bertz CT molecular complexity index is 946. The van der Waals surface area contributed by atoms with Crippen molar-refractivity contribution in [2.45, 2.75) is 19.8 Å². The topological polar surface area (TPSA) is 44.3 Å². The van der Waals surface area contributed by atoms with Crippen LogP contribution in [0.5, 0.6) is 0 Å². The average molecular weight is 388 g/mol. The Morgan fingerprint density at radius 3 is 2.28 bits per heavy atom. The minimum atomic E-state index is 0.424. The molecule has 0 amide bonds. The number of aromatic nitrogens is 2. The lowest BCUT2D eigenvalue weighted by Crippen LogP contribution is -2.44. The van der Waals surface area contributed by atoms with Crippen molar-refractivity contribution in [1.29, 1.82) is 0 Å². The molecule has 3 aromatic rings. The number of benzene rings is 2. The molecule has 150 valence electrons. The molecule has 1 N–H and O–H groups in total. The number of rotatable bonds is 5. The SMILES string of the molecule is CC(C)c1ccccc1Nc1nc(-c2ccccc2)cc(N2CCN(C)CC2)n1. The van der Waals surface area contributed by atoms with Crippen molar-refractivity contribution >= 4 is 17.5 Å². The molecular weight excluding hydrogens is 358 g/mol. The van der Waals surface area contributed by atoms with Gasteiger partial charge in [-0.3, -0.25) is 0 Å². The van der Waals surface area contributed by atoms with Crippen LogP contribution in [0.15, 0.2) is 60.7 Å². The van der Waals surface area contributed by atoms with Crippen LogP contribution in [-0.4, -0.2) is 48.1 Å². The Hall–Kier alpha value is -2.92. The van der Waals surface area contributed by atoms with Crippen LogP contribution >= 0.6 is 0 Å². The van der Waals surface area contributed by atoms with Crippen molar-refractivity contribution in [3.63, 3.8) is 0 Å².